The number of anilines is 2. The minimum atomic E-state index is -0.948. The zero-order chi connectivity index (χ0) is 27.8. The second-order valence-electron chi connectivity index (χ2n) is 10.8. The van der Waals surface area contributed by atoms with Crippen LogP contribution in [0.5, 0.6) is 5.75 Å². The Kier molecular flexibility index (Phi) is 5.41. The summed E-state index contributed by atoms with van der Waals surface area (Å²) >= 11 is 6.13. The molecular weight excluding hydrogens is 524 g/mol. The van der Waals surface area contributed by atoms with Crippen LogP contribution in [0, 0.1) is 11.3 Å². The molecule has 0 saturated carbocycles. The molecular formula is C33H25ClN2O4. The van der Waals surface area contributed by atoms with Gasteiger partial charge in [-0.3, -0.25) is 14.4 Å². The van der Waals surface area contributed by atoms with E-state index in [4.69, 9.17) is 16.3 Å². The average Bonchev–Trinajstić information content (AvgIpc) is 3.18. The van der Waals surface area contributed by atoms with Crippen molar-refractivity contribution in [3.8, 4) is 5.75 Å². The SMILES string of the molecule is COc1ccc(Cl)cc1NC(=O)c1cccc(N2C(=O)[C@H]3C4c5ccccc5C(c5ccccc54)[C@@]3(C)C2=O)c1. The van der Waals surface area contributed by atoms with E-state index in [1.807, 2.05) is 31.2 Å². The van der Waals surface area contributed by atoms with Crippen molar-refractivity contribution in [3.63, 3.8) is 0 Å². The second-order valence-corrected chi connectivity index (χ2v) is 11.2. The summed E-state index contributed by atoms with van der Waals surface area (Å²) in [6.07, 6.45) is 0. The van der Waals surface area contributed by atoms with Crippen LogP contribution < -0.4 is 15.0 Å². The van der Waals surface area contributed by atoms with Gasteiger partial charge in [-0.1, -0.05) is 66.2 Å². The molecule has 1 N–H and O–H groups in total. The Bertz CT molecular complexity index is 1700. The van der Waals surface area contributed by atoms with E-state index >= 15 is 0 Å². The maximum Gasteiger partial charge on any atom is 0.255 e. The van der Waals surface area contributed by atoms with E-state index in [2.05, 4.69) is 29.6 Å². The molecule has 4 aromatic rings. The van der Waals surface area contributed by atoms with Gasteiger partial charge in [0.1, 0.15) is 5.75 Å². The molecule has 3 aliphatic carbocycles. The number of nitrogens with zero attached hydrogens (tertiary/aromatic N) is 1. The van der Waals surface area contributed by atoms with Gasteiger partial charge in [-0.05, 0) is 65.6 Å². The highest BCUT2D eigenvalue weighted by Crippen LogP contribution is 2.67. The van der Waals surface area contributed by atoms with E-state index in [0.717, 1.165) is 22.3 Å². The van der Waals surface area contributed by atoms with Crippen LogP contribution in [0.25, 0.3) is 0 Å². The van der Waals surface area contributed by atoms with Crippen LogP contribution in [-0.2, 0) is 9.59 Å². The molecule has 0 radical (unpaired) electrons. The fourth-order valence-electron chi connectivity index (χ4n) is 7.12. The third-order valence-electron chi connectivity index (χ3n) is 8.79. The monoisotopic (exact) mass is 548 g/mol. The van der Waals surface area contributed by atoms with Crippen molar-refractivity contribution in [2.75, 3.05) is 17.3 Å². The van der Waals surface area contributed by atoms with E-state index in [1.165, 1.54) is 12.0 Å². The fraction of sp³-hybridized carbons (Fsp3) is 0.182. The molecule has 8 rings (SSSR count). The first-order valence-electron chi connectivity index (χ1n) is 13.2. The Morgan fingerprint density at radius 2 is 1.52 bits per heavy atom. The van der Waals surface area contributed by atoms with E-state index in [-0.39, 0.29) is 23.7 Å². The molecule has 1 saturated heterocycles. The summed E-state index contributed by atoms with van der Waals surface area (Å²) in [6, 6.07) is 27.9. The number of carbonyl (C=O) groups excluding carboxylic acids is 3. The molecule has 4 aliphatic rings. The second kappa shape index (κ2) is 8.80. The Hall–Kier alpha value is -4.42. The maximum absolute atomic E-state index is 14.3. The average molecular weight is 549 g/mol. The zero-order valence-corrected chi connectivity index (χ0v) is 22.6. The van der Waals surface area contributed by atoms with Crippen molar-refractivity contribution in [2.24, 2.45) is 11.3 Å². The van der Waals surface area contributed by atoms with Gasteiger partial charge in [0.2, 0.25) is 11.8 Å². The van der Waals surface area contributed by atoms with Crippen LogP contribution in [0.15, 0.2) is 91.0 Å². The summed E-state index contributed by atoms with van der Waals surface area (Å²) in [5, 5.41) is 3.28. The quantitative estimate of drug-likeness (QED) is 0.300. The predicted octanol–water partition coefficient (Wildman–Crippen LogP) is 6.39. The minimum absolute atomic E-state index is 0.217. The first kappa shape index (κ1) is 24.6. The molecule has 1 fully saturated rings. The van der Waals surface area contributed by atoms with Crippen LogP contribution in [0.4, 0.5) is 11.4 Å². The first-order valence-corrected chi connectivity index (χ1v) is 13.5. The first-order chi connectivity index (χ1) is 19.3. The largest absolute Gasteiger partial charge is 0.495 e. The summed E-state index contributed by atoms with van der Waals surface area (Å²) in [5.41, 5.74) is 4.59. The standard InChI is InChI=1S/C33H25ClN2O4/c1-33-28-23-12-5-3-10-21(23)27(22-11-4-6-13-24(22)28)29(33)31(38)36(32(33)39)20-9-7-8-18(16-20)30(37)35-25-17-19(34)14-15-26(25)40-2/h3-17,27-29H,1-2H3,(H,35,37)/t27?,28?,29-,33-/m1/s1. The van der Waals surface area contributed by atoms with E-state index in [9.17, 15) is 14.4 Å². The van der Waals surface area contributed by atoms with Crippen LogP contribution >= 0.6 is 11.6 Å². The number of carbonyl (C=O) groups is 3. The lowest BCUT2D eigenvalue weighted by Crippen LogP contribution is -2.49. The van der Waals surface area contributed by atoms with Gasteiger partial charge in [-0.25, -0.2) is 4.90 Å². The normalized spacial score (nSPS) is 23.9. The number of rotatable bonds is 4. The van der Waals surface area contributed by atoms with Gasteiger partial charge in [0.25, 0.3) is 5.91 Å². The van der Waals surface area contributed by atoms with Crippen LogP contribution in [0.1, 0.15) is 51.4 Å². The van der Waals surface area contributed by atoms with Crippen molar-refractivity contribution in [3.05, 3.63) is 124 Å². The van der Waals surface area contributed by atoms with E-state index < -0.39 is 17.2 Å². The number of amides is 3. The molecule has 1 heterocycles. The smallest absolute Gasteiger partial charge is 0.255 e. The summed E-state index contributed by atoms with van der Waals surface area (Å²) < 4.78 is 5.34. The van der Waals surface area contributed by atoms with Crippen molar-refractivity contribution in [1.29, 1.82) is 0 Å². The van der Waals surface area contributed by atoms with Crippen LogP contribution in [0.2, 0.25) is 5.02 Å². The lowest BCUT2D eigenvalue weighted by molar-refractivity contribution is -0.128. The van der Waals surface area contributed by atoms with E-state index in [0.29, 0.717) is 27.7 Å². The van der Waals surface area contributed by atoms with Gasteiger partial charge in [-0.15, -0.1) is 0 Å². The Labute approximate surface area is 236 Å². The van der Waals surface area contributed by atoms with Gasteiger partial charge < -0.3 is 10.1 Å². The summed E-state index contributed by atoms with van der Waals surface area (Å²) in [6.45, 7) is 1.93. The molecule has 4 aromatic carbocycles. The Morgan fingerprint density at radius 1 is 0.875 bits per heavy atom. The molecule has 2 atom stereocenters. The molecule has 2 bridgehead atoms. The number of hydrogen-bond donors (Lipinski definition) is 1. The van der Waals surface area contributed by atoms with Crippen LogP contribution in [-0.4, -0.2) is 24.8 Å². The maximum atomic E-state index is 14.3. The lowest BCUT2D eigenvalue weighted by atomic mass is 9.48. The highest BCUT2D eigenvalue weighted by Gasteiger charge is 2.68. The third-order valence-corrected chi connectivity index (χ3v) is 9.02. The Morgan fingerprint density at radius 3 is 2.17 bits per heavy atom. The van der Waals surface area contributed by atoms with Crippen molar-refractivity contribution < 1.29 is 19.1 Å². The summed E-state index contributed by atoms with van der Waals surface area (Å²) in [7, 11) is 1.51. The minimum Gasteiger partial charge on any atom is -0.495 e. The van der Waals surface area contributed by atoms with Gasteiger partial charge >= 0.3 is 0 Å². The highest BCUT2D eigenvalue weighted by atomic mass is 35.5. The Balaban J connectivity index is 1.28. The zero-order valence-electron chi connectivity index (χ0n) is 21.9. The third kappa shape index (κ3) is 3.26. The van der Waals surface area contributed by atoms with Crippen molar-refractivity contribution in [2.45, 2.75) is 18.8 Å². The van der Waals surface area contributed by atoms with Crippen molar-refractivity contribution >= 4 is 40.7 Å². The summed E-state index contributed by atoms with van der Waals surface area (Å²) in [5.74, 6) is -1.42. The predicted molar refractivity (Wildman–Crippen MR) is 153 cm³/mol. The van der Waals surface area contributed by atoms with Crippen LogP contribution in [0.3, 0.4) is 0 Å². The number of benzene rings is 4. The molecule has 3 amide bonds. The molecule has 6 nitrogen and oxygen atoms in total. The molecule has 0 aromatic heterocycles. The van der Waals surface area contributed by atoms with Crippen molar-refractivity contribution in [1.82, 2.24) is 0 Å². The lowest BCUT2D eigenvalue weighted by Gasteiger charge is -2.51. The number of imide groups is 1. The van der Waals surface area contributed by atoms with Gasteiger partial charge in [0.05, 0.1) is 29.8 Å². The number of hydrogen-bond acceptors (Lipinski definition) is 4. The molecule has 1 aliphatic heterocycles. The molecule has 0 unspecified atom stereocenters. The topological polar surface area (TPSA) is 75.7 Å². The number of ether oxygens (including phenoxy) is 1. The van der Waals surface area contributed by atoms with Gasteiger partial charge in [-0.2, -0.15) is 0 Å². The fourth-order valence-corrected chi connectivity index (χ4v) is 7.29. The molecule has 40 heavy (non-hydrogen) atoms. The van der Waals surface area contributed by atoms with Gasteiger partial charge in [0.15, 0.2) is 0 Å². The number of halogens is 1. The van der Waals surface area contributed by atoms with E-state index in [1.54, 1.807) is 42.5 Å². The summed E-state index contributed by atoms with van der Waals surface area (Å²) in [4.78, 5) is 43.1. The molecule has 198 valence electrons. The molecule has 0 spiro atoms. The highest BCUT2D eigenvalue weighted by molar-refractivity contribution is 6.31. The molecule has 7 heteroatoms. The van der Waals surface area contributed by atoms with Gasteiger partial charge in [0, 0.05) is 22.4 Å². The number of methoxy groups -OCH3 is 1. The number of nitrogens with one attached hydrogen (secondary N) is 1.